The predicted octanol–water partition coefficient (Wildman–Crippen LogP) is 3.80. The van der Waals surface area contributed by atoms with E-state index < -0.39 is 23.6 Å². The summed E-state index contributed by atoms with van der Waals surface area (Å²) in [7, 11) is 0. The molecule has 160 valence electrons. The van der Waals surface area contributed by atoms with E-state index in [1.54, 1.807) is 4.90 Å². The quantitative estimate of drug-likeness (QED) is 0.710. The summed E-state index contributed by atoms with van der Waals surface area (Å²) in [5, 5.41) is 0. The molecule has 7 nitrogen and oxygen atoms in total. The average molecular weight is 415 g/mol. The number of halogens is 1. The van der Waals surface area contributed by atoms with Gasteiger partial charge >= 0.3 is 6.09 Å². The topological polar surface area (TPSA) is 75.9 Å². The van der Waals surface area contributed by atoms with Crippen LogP contribution < -0.4 is 0 Å². The molecule has 1 aromatic carbocycles. The van der Waals surface area contributed by atoms with E-state index in [0.29, 0.717) is 30.6 Å². The number of piperazine rings is 1. The fraction of sp³-hybridized carbons (Fsp3) is 0.500. The van der Waals surface area contributed by atoms with Gasteiger partial charge in [-0.3, -0.25) is 14.6 Å². The number of rotatable bonds is 3. The molecule has 3 heterocycles. The number of hydrogen-bond donors (Lipinski definition) is 0. The molecular weight excluding hydrogens is 389 g/mol. The van der Waals surface area contributed by atoms with E-state index in [1.807, 2.05) is 20.8 Å². The van der Waals surface area contributed by atoms with Crippen LogP contribution in [0.1, 0.15) is 61.6 Å². The van der Waals surface area contributed by atoms with Gasteiger partial charge in [0.05, 0.1) is 0 Å². The molecule has 2 aliphatic rings. The smallest absolute Gasteiger partial charge is 0.411 e. The fourth-order valence-corrected chi connectivity index (χ4v) is 4.05. The minimum absolute atomic E-state index is 0.129. The Labute approximate surface area is 174 Å². The van der Waals surface area contributed by atoms with Crippen molar-refractivity contribution in [2.24, 2.45) is 0 Å². The number of aromatic nitrogens is 1. The Bertz CT molecular complexity index is 935. The number of hydrogen-bond acceptors (Lipinski definition) is 6. The van der Waals surface area contributed by atoms with Crippen molar-refractivity contribution in [3.8, 4) is 0 Å². The molecule has 2 saturated heterocycles. The van der Waals surface area contributed by atoms with Gasteiger partial charge in [-0.25, -0.2) is 14.2 Å². The van der Waals surface area contributed by atoms with Crippen molar-refractivity contribution in [1.29, 1.82) is 0 Å². The van der Waals surface area contributed by atoms with Gasteiger partial charge in [-0.05, 0) is 64.4 Å². The molecule has 0 bridgehead atoms. The molecular formula is C22H26FN3O4. The Morgan fingerprint density at radius 1 is 1.20 bits per heavy atom. The lowest BCUT2D eigenvalue weighted by Crippen LogP contribution is -2.54. The number of ketones is 1. The highest BCUT2D eigenvalue weighted by molar-refractivity contribution is 6.07. The molecule has 0 N–H and O–H groups in total. The van der Waals surface area contributed by atoms with Gasteiger partial charge in [-0.2, -0.15) is 0 Å². The van der Waals surface area contributed by atoms with Crippen LogP contribution in [-0.2, 0) is 4.74 Å². The Balaban J connectivity index is 1.59. The van der Waals surface area contributed by atoms with Crippen LogP contribution in [0.3, 0.4) is 0 Å². The number of nitrogens with zero attached hydrogens (tertiary/aromatic N) is 3. The van der Waals surface area contributed by atoms with Gasteiger partial charge in [0.1, 0.15) is 29.4 Å². The first-order valence-corrected chi connectivity index (χ1v) is 10.2. The summed E-state index contributed by atoms with van der Waals surface area (Å²) in [5.41, 5.74) is -0.165. The molecule has 1 aromatic heterocycles. The van der Waals surface area contributed by atoms with Crippen molar-refractivity contribution in [3.63, 3.8) is 0 Å². The van der Waals surface area contributed by atoms with Gasteiger partial charge in [-0.1, -0.05) is 0 Å². The van der Waals surface area contributed by atoms with Crippen molar-refractivity contribution in [1.82, 2.24) is 14.8 Å². The monoisotopic (exact) mass is 415 g/mol. The maximum atomic E-state index is 13.1. The molecule has 2 atom stereocenters. The zero-order chi connectivity index (χ0) is 21.5. The second-order valence-electron chi connectivity index (χ2n) is 8.85. The number of ether oxygens (including phenoxy) is 1. The van der Waals surface area contributed by atoms with Crippen LogP contribution in [0.4, 0.5) is 9.18 Å². The summed E-state index contributed by atoms with van der Waals surface area (Å²) in [4.78, 5) is 34.0. The molecule has 0 spiro atoms. The maximum Gasteiger partial charge on any atom is 0.411 e. The van der Waals surface area contributed by atoms with E-state index in [0.717, 1.165) is 19.4 Å². The maximum absolute atomic E-state index is 13.1. The SMILES string of the molecule is CC(C)(C)OC(=O)N1C[C@H]2CCCN2C[C@H]1c1nc(C(=O)c2ccc(F)cc2)co1. The van der Waals surface area contributed by atoms with E-state index in [-0.39, 0.29) is 11.5 Å². The van der Waals surface area contributed by atoms with E-state index in [4.69, 9.17) is 9.15 Å². The van der Waals surface area contributed by atoms with Crippen LogP contribution in [0, 0.1) is 5.82 Å². The van der Waals surface area contributed by atoms with E-state index in [1.165, 1.54) is 30.5 Å². The van der Waals surface area contributed by atoms with Crippen molar-refractivity contribution >= 4 is 11.9 Å². The van der Waals surface area contributed by atoms with Crippen LogP contribution >= 0.6 is 0 Å². The van der Waals surface area contributed by atoms with Gasteiger partial charge in [0.25, 0.3) is 0 Å². The Kier molecular flexibility index (Phi) is 5.36. The molecule has 8 heteroatoms. The van der Waals surface area contributed by atoms with Gasteiger partial charge in [-0.15, -0.1) is 0 Å². The largest absolute Gasteiger partial charge is 0.446 e. The number of benzene rings is 1. The Hall–Kier alpha value is -2.74. The highest BCUT2D eigenvalue weighted by Gasteiger charge is 2.42. The summed E-state index contributed by atoms with van der Waals surface area (Å²) >= 11 is 0. The van der Waals surface area contributed by atoms with Gasteiger partial charge in [0.15, 0.2) is 0 Å². The lowest BCUT2D eigenvalue weighted by Gasteiger charge is -2.42. The summed E-state index contributed by atoms with van der Waals surface area (Å²) in [5.74, 6) is -0.469. The molecule has 0 saturated carbocycles. The molecule has 0 aliphatic carbocycles. The van der Waals surface area contributed by atoms with Gasteiger partial charge in [0, 0.05) is 24.7 Å². The van der Waals surface area contributed by atoms with Crippen molar-refractivity contribution in [2.45, 2.75) is 51.3 Å². The highest BCUT2D eigenvalue weighted by atomic mass is 19.1. The van der Waals surface area contributed by atoms with Crippen LogP contribution in [0.2, 0.25) is 0 Å². The summed E-state index contributed by atoms with van der Waals surface area (Å²) in [6.07, 6.45) is 3.00. The first-order chi connectivity index (χ1) is 14.2. The van der Waals surface area contributed by atoms with Crippen molar-refractivity contribution in [3.05, 3.63) is 53.5 Å². The molecule has 30 heavy (non-hydrogen) atoms. The second-order valence-corrected chi connectivity index (χ2v) is 8.85. The van der Waals surface area contributed by atoms with Crippen LogP contribution in [0.5, 0.6) is 0 Å². The summed E-state index contributed by atoms with van der Waals surface area (Å²) in [6.45, 7) is 7.56. The Morgan fingerprint density at radius 2 is 1.93 bits per heavy atom. The number of carbonyl (C=O) groups is 2. The fourth-order valence-electron chi connectivity index (χ4n) is 4.05. The molecule has 1 amide bonds. The van der Waals surface area contributed by atoms with Crippen molar-refractivity contribution in [2.75, 3.05) is 19.6 Å². The second kappa shape index (κ2) is 7.83. The normalized spacial score (nSPS) is 22.1. The predicted molar refractivity (Wildman–Crippen MR) is 107 cm³/mol. The van der Waals surface area contributed by atoms with Crippen LogP contribution in [-0.4, -0.2) is 57.9 Å². The van der Waals surface area contributed by atoms with Crippen LogP contribution in [0.25, 0.3) is 0 Å². The third-order valence-electron chi connectivity index (χ3n) is 5.46. The summed E-state index contributed by atoms with van der Waals surface area (Å²) < 4.78 is 24.4. The average Bonchev–Trinajstić information content (AvgIpc) is 3.34. The lowest BCUT2D eigenvalue weighted by molar-refractivity contribution is -0.0141. The first-order valence-electron chi connectivity index (χ1n) is 10.2. The molecule has 2 fully saturated rings. The Morgan fingerprint density at radius 3 is 2.63 bits per heavy atom. The number of fused-ring (bicyclic) bond motifs is 1. The standard InChI is InChI=1S/C22H26FN3O4/c1-22(2,3)30-21(28)26-11-16-5-4-10-25(16)12-18(26)20-24-17(13-29-20)19(27)14-6-8-15(23)9-7-14/h6-9,13,16,18H,4-5,10-12H2,1-3H3/t16-,18+/m1/s1. The van der Waals surface area contributed by atoms with Crippen molar-refractivity contribution < 1.29 is 23.1 Å². The zero-order valence-electron chi connectivity index (χ0n) is 17.4. The molecule has 0 unspecified atom stereocenters. The summed E-state index contributed by atoms with van der Waals surface area (Å²) in [6, 6.07) is 5.14. The molecule has 2 aliphatic heterocycles. The number of carbonyl (C=O) groups excluding carboxylic acids is 2. The first kappa shape index (κ1) is 20.5. The van der Waals surface area contributed by atoms with Gasteiger partial charge < -0.3 is 9.15 Å². The van der Waals surface area contributed by atoms with Crippen LogP contribution in [0.15, 0.2) is 34.9 Å². The van der Waals surface area contributed by atoms with E-state index in [9.17, 15) is 14.0 Å². The molecule has 2 aromatic rings. The minimum atomic E-state index is -0.616. The van der Waals surface area contributed by atoms with E-state index in [2.05, 4.69) is 9.88 Å². The zero-order valence-corrected chi connectivity index (χ0v) is 17.4. The highest BCUT2D eigenvalue weighted by Crippen LogP contribution is 2.33. The molecule has 0 radical (unpaired) electrons. The molecule has 4 rings (SSSR count). The third-order valence-corrected chi connectivity index (χ3v) is 5.46. The minimum Gasteiger partial charge on any atom is -0.446 e. The number of amides is 1. The van der Waals surface area contributed by atoms with Gasteiger partial charge in [0.2, 0.25) is 11.7 Å². The third kappa shape index (κ3) is 4.23. The lowest BCUT2D eigenvalue weighted by atomic mass is 10.1. The van der Waals surface area contributed by atoms with E-state index >= 15 is 0 Å². The number of oxazole rings is 1.